The number of methoxy groups -OCH3 is 1. The van der Waals surface area contributed by atoms with Gasteiger partial charge in [-0.15, -0.1) is 11.3 Å². The zero-order chi connectivity index (χ0) is 21.3. The third-order valence-corrected chi connectivity index (χ3v) is 6.61. The smallest absolute Gasteiger partial charge is 0.337 e. The Morgan fingerprint density at radius 2 is 2.10 bits per heavy atom. The van der Waals surface area contributed by atoms with E-state index >= 15 is 0 Å². The molecule has 3 rings (SSSR count). The van der Waals surface area contributed by atoms with Crippen LogP contribution < -0.4 is 5.32 Å². The molecule has 1 aromatic rings. The van der Waals surface area contributed by atoms with Gasteiger partial charge in [0.1, 0.15) is 5.92 Å². The highest BCUT2D eigenvalue weighted by atomic mass is 32.1. The molecular weight excluding hydrogens is 390 g/mol. The molecule has 1 aliphatic carbocycles. The monoisotopic (exact) mass is 417 g/mol. The average molecular weight is 418 g/mol. The van der Waals surface area contributed by atoms with E-state index in [-0.39, 0.29) is 17.8 Å². The van der Waals surface area contributed by atoms with Crippen LogP contribution >= 0.6 is 11.3 Å². The van der Waals surface area contributed by atoms with Gasteiger partial charge in [-0.25, -0.2) is 4.79 Å². The van der Waals surface area contributed by atoms with Gasteiger partial charge in [0, 0.05) is 21.8 Å². The SMILES string of the molecule is CC[C@@H](C)OC(=O)C1=C(C)NC2=C(C(=O)[C@H](C(=O)OC)[C@H](C)C2)[C@@H]1c1cccs1. The van der Waals surface area contributed by atoms with Gasteiger partial charge in [0.25, 0.3) is 0 Å². The molecule has 0 radical (unpaired) electrons. The molecule has 0 amide bonds. The van der Waals surface area contributed by atoms with Gasteiger partial charge in [-0.05, 0) is 44.1 Å². The number of dihydropyridines is 1. The van der Waals surface area contributed by atoms with Crippen LogP contribution in [0.4, 0.5) is 0 Å². The molecule has 29 heavy (non-hydrogen) atoms. The van der Waals surface area contributed by atoms with Crippen molar-refractivity contribution in [2.75, 3.05) is 7.11 Å². The molecule has 0 unspecified atom stereocenters. The molecule has 2 aliphatic rings. The molecule has 7 heteroatoms. The molecule has 0 spiro atoms. The first-order chi connectivity index (χ1) is 13.8. The zero-order valence-corrected chi connectivity index (χ0v) is 18.2. The Morgan fingerprint density at radius 1 is 1.38 bits per heavy atom. The summed E-state index contributed by atoms with van der Waals surface area (Å²) in [7, 11) is 1.29. The van der Waals surface area contributed by atoms with Crippen molar-refractivity contribution in [2.24, 2.45) is 11.8 Å². The van der Waals surface area contributed by atoms with E-state index in [0.717, 1.165) is 10.6 Å². The maximum atomic E-state index is 13.5. The standard InChI is InChI=1S/C22H27NO5S/c1-6-12(3)28-22(26)17-13(4)23-14-10-11(2)16(21(25)27-5)20(24)18(14)19(17)15-8-7-9-29-15/h7-9,11-12,16,19,23H,6,10H2,1-5H3/t11-,12-,16-,19-/m1/s1. The van der Waals surface area contributed by atoms with Gasteiger partial charge in [-0.2, -0.15) is 0 Å². The van der Waals surface area contributed by atoms with Crippen molar-refractivity contribution in [1.29, 1.82) is 0 Å². The third kappa shape index (κ3) is 3.88. The van der Waals surface area contributed by atoms with E-state index in [1.54, 1.807) is 0 Å². The Hall–Kier alpha value is -2.41. The molecule has 1 N–H and O–H groups in total. The summed E-state index contributed by atoms with van der Waals surface area (Å²) in [6.07, 6.45) is 1.00. The zero-order valence-electron chi connectivity index (χ0n) is 17.4. The first-order valence-electron chi connectivity index (χ1n) is 9.87. The minimum Gasteiger partial charge on any atom is -0.468 e. The second kappa shape index (κ2) is 8.53. The van der Waals surface area contributed by atoms with Crippen LogP contribution in [0.3, 0.4) is 0 Å². The fourth-order valence-electron chi connectivity index (χ4n) is 4.02. The Labute approximate surface area is 175 Å². The number of thiophene rings is 1. The van der Waals surface area contributed by atoms with Crippen molar-refractivity contribution < 1.29 is 23.9 Å². The number of carbonyl (C=O) groups is 3. The summed E-state index contributed by atoms with van der Waals surface area (Å²) in [6.45, 7) is 7.49. The third-order valence-electron chi connectivity index (χ3n) is 5.67. The summed E-state index contributed by atoms with van der Waals surface area (Å²) in [5, 5.41) is 5.18. The van der Waals surface area contributed by atoms with Crippen molar-refractivity contribution >= 4 is 29.1 Å². The average Bonchev–Trinajstić information content (AvgIpc) is 3.20. The van der Waals surface area contributed by atoms with E-state index in [1.165, 1.54) is 18.4 Å². The van der Waals surface area contributed by atoms with Crippen LogP contribution in [0.25, 0.3) is 0 Å². The van der Waals surface area contributed by atoms with Crippen LogP contribution in [0.15, 0.2) is 40.1 Å². The summed E-state index contributed by atoms with van der Waals surface area (Å²) >= 11 is 1.48. The van der Waals surface area contributed by atoms with Gasteiger partial charge in [0.05, 0.1) is 24.7 Å². The van der Waals surface area contributed by atoms with Gasteiger partial charge in [-0.3, -0.25) is 9.59 Å². The van der Waals surface area contributed by atoms with E-state index in [4.69, 9.17) is 9.47 Å². The van der Waals surface area contributed by atoms with Crippen molar-refractivity contribution in [3.05, 3.63) is 44.9 Å². The normalized spacial score (nSPS) is 25.3. The number of rotatable bonds is 5. The van der Waals surface area contributed by atoms with Gasteiger partial charge in [0.15, 0.2) is 5.78 Å². The maximum absolute atomic E-state index is 13.5. The lowest BCUT2D eigenvalue weighted by Crippen LogP contribution is -2.43. The first kappa shape index (κ1) is 21.3. The molecule has 0 bridgehead atoms. The fraction of sp³-hybridized carbons (Fsp3) is 0.500. The number of allylic oxidation sites excluding steroid dienone is 3. The van der Waals surface area contributed by atoms with Gasteiger partial charge < -0.3 is 14.8 Å². The molecule has 2 heterocycles. The number of hydrogen-bond donors (Lipinski definition) is 1. The molecule has 4 atom stereocenters. The predicted molar refractivity (Wildman–Crippen MR) is 110 cm³/mol. The molecule has 1 aliphatic heterocycles. The molecule has 0 fully saturated rings. The number of hydrogen-bond acceptors (Lipinski definition) is 7. The van der Waals surface area contributed by atoms with E-state index in [1.807, 2.05) is 45.2 Å². The minimum absolute atomic E-state index is 0.188. The highest BCUT2D eigenvalue weighted by molar-refractivity contribution is 7.10. The van der Waals surface area contributed by atoms with Crippen molar-refractivity contribution in [3.8, 4) is 0 Å². The van der Waals surface area contributed by atoms with E-state index in [0.29, 0.717) is 29.7 Å². The quantitative estimate of drug-likeness (QED) is 0.581. The molecule has 0 saturated heterocycles. The van der Waals surface area contributed by atoms with Crippen LogP contribution in [0, 0.1) is 11.8 Å². The number of esters is 2. The first-order valence-corrected chi connectivity index (χ1v) is 10.7. The topological polar surface area (TPSA) is 81.7 Å². The second-order valence-corrected chi connectivity index (χ2v) is 8.65. The maximum Gasteiger partial charge on any atom is 0.337 e. The van der Waals surface area contributed by atoms with Crippen LogP contribution in [-0.4, -0.2) is 30.9 Å². The number of Topliss-reactive ketones (excluding diaryl/α,β-unsaturated/α-hetero) is 1. The lowest BCUT2D eigenvalue weighted by molar-refractivity contribution is -0.151. The Morgan fingerprint density at radius 3 is 2.69 bits per heavy atom. The van der Waals surface area contributed by atoms with E-state index in [2.05, 4.69) is 5.32 Å². The molecule has 1 aromatic heterocycles. The number of ketones is 1. The summed E-state index contributed by atoms with van der Waals surface area (Å²) in [4.78, 5) is 39.7. The lowest BCUT2D eigenvalue weighted by atomic mass is 9.70. The van der Waals surface area contributed by atoms with Crippen LogP contribution in [0.2, 0.25) is 0 Å². The van der Waals surface area contributed by atoms with Gasteiger partial charge >= 0.3 is 11.9 Å². The number of carbonyl (C=O) groups excluding carboxylic acids is 3. The predicted octanol–water partition coefficient (Wildman–Crippen LogP) is 3.70. The van der Waals surface area contributed by atoms with Crippen LogP contribution in [0.1, 0.15) is 51.3 Å². The van der Waals surface area contributed by atoms with Crippen LogP contribution in [-0.2, 0) is 23.9 Å². The van der Waals surface area contributed by atoms with Gasteiger partial charge in [-0.1, -0.05) is 19.9 Å². The summed E-state index contributed by atoms with van der Waals surface area (Å²) in [5.74, 6) is -2.85. The number of nitrogens with one attached hydrogen (secondary N) is 1. The Kier molecular flexibility index (Phi) is 6.27. The minimum atomic E-state index is -0.867. The summed E-state index contributed by atoms with van der Waals surface area (Å²) in [5.41, 5.74) is 2.37. The van der Waals surface area contributed by atoms with Crippen molar-refractivity contribution in [1.82, 2.24) is 5.32 Å². The molecule has 0 aromatic carbocycles. The molecule has 6 nitrogen and oxygen atoms in total. The van der Waals surface area contributed by atoms with Crippen LogP contribution in [0.5, 0.6) is 0 Å². The van der Waals surface area contributed by atoms with Crippen molar-refractivity contribution in [2.45, 2.75) is 52.6 Å². The second-order valence-electron chi connectivity index (χ2n) is 7.67. The Bertz CT molecular complexity index is 883. The van der Waals surface area contributed by atoms with Gasteiger partial charge in [0.2, 0.25) is 0 Å². The highest BCUT2D eigenvalue weighted by Gasteiger charge is 2.47. The summed E-state index contributed by atoms with van der Waals surface area (Å²) < 4.78 is 10.5. The number of ether oxygens (including phenoxy) is 2. The van der Waals surface area contributed by atoms with E-state index in [9.17, 15) is 14.4 Å². The molecule has 0 saturated carbocycles. The highest BCUT2D eigenvalue weighted by Crippen LogP contribution is 2.46. The largest absolute Gasteiger partial charge is 0.468 e. The molecular formula is C22H27NO5S. The fourth-order valence-corrected chi connectivity index (χ4v) is 4.86. The summed E-state index contributed by atoms with van der Waals surface area (Å²) in [6, 6.07) is 3.80. The van der Waals surface area contributed by atoms with Crippen molar-refractivity contribution in [3.63, 3.8) is 0 Å². The molecule has 156 valence electrons. The van der Waals surface area contributed by atoms with E-state index < -0.39 is 23.8 Å². The lowest BCUT2D eigenvalue weighted by Gasteiger charge is -2.38. The Balaban J connectivity index is 2.10.